The summed E-state index contributed by atoms with van der Waals surface area (Å²) in [6.45, 7) is 5.22. The van der Waals surface area contributed by atoms with Gasteiger partial charge in [-0.2, -0.15) is 0 Å². The number of aryl methyl sites for hydroxylation is 1. The van der Waals surface area contributed by atoms with E-state index in [9.17, 15) is 9.90 Å². The summed E-state index contributed by atoms with van der Waals surface area (Å²) in [7, 11) is 1.77. The first-order valence-electron chi connectivity index (χ1n) is 12.6. The molecule has 1 saturated heterocycles. The number of furan rings is 1. The Morgan fingerprint density at radius 1 is 1.08 bits per heavy atom. The van der Waals surface area contributed by atoms with Crippen molar-refractivity contribution in [1.82, 2.24) is 14.8 Å². The summed E-state index contributed by atoms with van der Waals surface area (Å²) in [6.07, 6.45) is 3.78. The molecular formula is C30H33N3O3. The highest BCUT2D eigenvalue weighted by Gasteiger charge is 2.34. The van der Waals surface area contributed by atoms with Crippen LogP contribution in [0.4, 0.5) is 0 Å². The van der Waals surface area contributed by atoms with Crippen LogP contribution >= 0.6 is 0 Å². The van der Waals surface area contributed by atoms with Gasteiger partial charge < -0.3 is 14.4 Å². The maximum atomic E-state index is 12.9. The van der Waals surface area contributed by atoms with Gasteiger partial charge in [-0.3, -0.25) is 14.7 Å². The Kier molecular flexibility index (Phi) is 6.90. The van der Waals surface area contributed by atoms with E-state index in [4.69, 9.17) is 4.42 Å². The van der Waals surface area contributed by atoms with Crippen LogP contribution in [0.25, 0.3) is 11.0 Å². The van der Waals surface area contributed by atoms with Crippen molar-refractivity contribution in [2.45, 2.75) is 38.3 Å². The molecule has 1 N–H and O–H groups in total. The topological polar surface area (TPSA) is 69.8 Å². The SMILES string of the molecule is Cc1ccc(CN2CCC(O)(c3ccc4oc(C(=O)N(C)CCc5ccccn5)cc4c3)CC2)cc1. The van der Waals surface area contributed by atoms with Gasteiger partial charge in [0.2, 0.25) is 0 Å². The van der Waals surface area contributed by atoms with Crippen LogP contribution in [0, 0.1) is 6.92 Å². The van der Waals surface area contributed by atoms with Gasteiger partial charge in [-0.05, 0) is 61.2 Å². The first-order chi connectivity index (χ1) is 17.4. The molecule has 0 unspecified atom stereocenters. The molecule has 1 amide bonds. The number of pyridine rings is 1. The average molecular weight is 484 g/mol. The number of nitrogens with zero attached hydrogens (tertiary/aromatic N) is 3. The number of amides is 1. The van der Waals surface area contributed by atoms with Crippen molar-refractivity contribution in [3.05, 3.63) is 101 Å². The van der Waals surface area contributed by atoms with Crippen molar-refractivity contribution in [3.8, 4) is 0 Å². The third kappa shape index (κ3) is 5.35. The van der Waals surface area contributed by atoms with E-state index in [1.807, 2.05) is 36.4 Å². The van der Waals surface area contributed by atoms with E-state index in [0.717, 1.165) is 36.3 Å². The van der Waals surface area contributed by atoms with Gasteiger partial charge in [0.1, 0.15) is 5.58 Å². The molecule has 3 heterocycles. The zero-order valence-electron chi connectivity index (χ0n) is 21.0. The minimum absolute atomic E-state index is 0.160. The molecule has 36 heavy (non-hydrogen) atoms. The lowest BCUT2D eigenvalue weighted by Crippen LogP contribution is -2.42. The lowest BCUT2D eigenvalue weighted by Gasteiger charge is -2.38. The van der Waals surface area contributed by atoms with Crippen molar-refractivity contribution >= 4 is 16.9 Å². The van der Waals surface area contributed by atoms with Crippen LogP contribution in [0.15, 0.2) is 77.3 Å². The van der Waals surface area contributed by atoms with Gasteiger partial charge in [-0.25, -0.2) is 0 Å². The molecule has 6 heteroatoms. The minimum atomic E-state index is -0.876. The molecule has 4 aromatic rings. The number of benzene rings is 2. The summed E-state index contributed by atoms with van der Waals surface area (Å²) in [5.41, 5.74) is 4.17. The van der Waals surface area contributed by atoms with Crippen LogP contribution in [0.3, 0.4) is 0 Å². The number of aliphatic hydroxyl groups is 1. The Bertz CT molecular complexity index is 1320. The van der Waals surface area contributed by atoms with E-state index in [2.05, 4.69) is 41.1 Å². The summed E-state index contributed by atoms with van der Waals surface area (Å²) >= 11 is 0. The monoisotopic (exact) mass is 483 g/mol. The highest BCUT2D eigenvalue weighted by atomic mass is 16.3. The molecule has 1 fully saturated rings. The standard InChI is InChI=1S/C30H33N3O3/c1-22-6-8-23(9-7-22)21-33-17-13-30(35,14-18-33)25-10-11-27-24(19-25)20-28(36-27)29(34)32(2)16-12-26-5-3-4-15-31-26/h3-11,15,19-20,35H,12-14,16-18,21H2,1-2H3. The number of likely N-dealkylation sites (tertiary alicyclic amines) is 1. The molecule has 2 aromatic carbocycles. The number of aromatic nitrogens is 1. The molecule has 0 radical (unpaired) electrons. The van der Waals surface area contributed by atoms with Crippen LogP contribution in [0.5, 0.6) is 0 Å². The van der Waals surface area contributed by atoms with Gasteiger partial charge in [0.15, 0.2) is 5.76 Å². The quantitative estimate of drug-likeness (QED) is 0.403. The van der Waals surface area contributed by atoms with E-state index in [-0.39, 0.29) is 5.91 Å². The molecule has 2 aromatic heterocycles. The van der Waals surface area contributed by atoms with Gasteiger partial charge >= 0.3 is 0 Å². The average Bonchev–Trinajstić information content (AvgIpc) is 3.34. The summed E-state index contributed by atoms with van der Waals surface area (Å²) in [5, 5.41) is 12.3. The van der Waals surface area contributed by atoms with Crippen LogP contribution in [-0.2, 0) is 18.6 Å². The van der Waals surface area contributed by atoms with Gasteiger partial charge in [0, 0.05) is 56.9 Å². The maximum Gasteiger partial charge on any atom is 0.289 e. The number of rotatable bonds is 7. The van der Waals surface area contributed by atoms with E-state index < -0.39 is 5.60 Å². The highest BCUT2D eigenvalue weighted by Crippen LogP contribution is 2.35. The van der Waals surface area contributed by atoms with Crippen molar-refractivity contribution in [1.29, 1.82) is 0 Å². The highest BCUT2D eigenvalue weighted by molar-refractivity contribution is 5.96. The summed E-state index contributed by atoms with van der Waals surface area (Å²) in [4.78, 5) is 21.3. The molecule has 186 valence electrons. The Morgan fingerprint density at radius 2 is 1.86 bits per heavy atom. The number of piperidine rings is 1. The molecule has 1 aliphatic rings. The van der Waals surface area contributed by atoms with Crippen molar-refractivity contribution < 1.29 is 14.3 Å². The second kappa shape index (κ2) is 10.2. The number of likely N-dealkylation sites (N-methyl/N-ethyl adjacent to an activating group) is 1. The zero-order chi connectivity index (χ0) is 25.1. The molecule has 0 aliphatic carbocycles. The second-order valence-electron chi connectivity index (χ2n) is 9.95. The third-order valence-electron chi connectivity index (χ3n) is 7.25. The first kappa shape index (κ1) is 24.2. The Hall–Kier alpha value is -3.48. The number of fused-ring (bicyclic) bond motifs is 1. The van der Waals surface area contributed by atoms with E-state index in [1.54, 1.807) is 24.2 Å². The smallest absolute Gasteiger partial charge is 0.289 e. The predicted octanol–water partition coefficient (Wildman–Crippen LogP) is 4.93. The second-order valence-corrected chi connectivity index (χ2v) is 9.95. The lowest BCUT2D eigenvalue weighted by molar-refractivity contribution is -0.0276. The molecular weight excluding hydrogens is 450 g/mol. The first-order valence-corrected chi connectivity index (χ1v) is 12.6. The van der Waals surface area contributed by atoms with Gasteiger partial charge in [-0.15, -0.1) is 0 Å². The van der Waals surface area contributed by atoms with Crippen LogP contribution in [0.1, 0.15) is 45.8 Å². The predicted molar refractivity (Wildman–Crippen MR) is 141 cm³/mol. The Labute approximate surface area is 212 Å². The van der Waals surface area contributed by atoms with Gasteiger partial charge in [0.05, 0.1) is 5.60 Å². The summed E-state index contributed by atoms with van der Waals surface area (Å²) < 4.78 is 5.87. The van der Waals surface area contributed by atoms with Crippen LogP contribution in [-0.4, -0.2) is 52.5 Å². The zero-order valence-corrected chi connectivity index (χ0v) is 21.0. The summed E-state index contributed by atoms with van der Waals surface area (Å²) in [5.74, 6) is 0.150. The molecule has 1 aliphatic heterocycles. The Balaban J connectivity index is 1.23. The fourth-order valence-electron chi connectivity index (χ4n) is 4.88. The minimum Gasteiger partial charge on any atom is -0.451 e. The molecule has 5 rings (SSSR count). The lowest BCUT2D eigenvalue weighted by atomic mass is 9.84. The normalized spacial score (nSPS) is 15.8. The molecule has 0 spiro atoms. The van der Waals surface area contributed by atoms with E-state index in [1.165, 1.54) is 11.1 Å². The molecule has 6 nitrogen and oxygen atoms in total. The maximum absolute atomic E-state index is 12.9. The molecule has 0 saturated carbocycles. The third-order valence-corrected chi connectivity index (χ3v) is 7.25. The summed E-state index contributed by atoms with van der Waals surface area (Å²) in [6, 6.07) is 22.0. The fraction of sp³-hybridized carbons (Fsp3) is 0.333. The largest absolute Gasteiger partial charge is 0.451 e. The van der Waals surface area contributed by atoms with Gasteiger partial charge in [-0.1, -0.05) is 42.0 Å². The molecule has 0 atom stereocenters. The van der Waals surface area contributed by atoms with E-state index >= 15 is 0 Å². The number of carbonyl (C=O) groups excluding carboxylic acids is 1. The van der Waals surface area contributed by atoms with Crippen LogP contribution < -0.4 is 0 Å². The number of carbonyl (C=O) groups is 1. The van der Waals surface area contributed by atoms with Gasteiger partial charge in [0.25, 0.3) is 5.91 Å². The van der Waals surface area contributed by atoms with Crippen molar-refractivity contribution in [3.63, 3.8) is 0 Å². The fourth-order valence-corrected chi connectivity index (χ4v) is 4.88. The Morgan fingerprint density at radius 3 is 2.58 bits per heavy atom. The van der Waals surface area contributed by atoms with Crippen molar-refractivity contribution in [2.24, 2.45) is 0 Å². The van der Waals surface area contributed by atoms with Crippen LogP contribution in [0.2, 0.25) is 0 Å². The van der Waals surface area contributed by atoms with E-state index in [0.29, 0.717) is 37.2 Å². The number of hydrogen-bond donors (Lipinski definition) is 1. The van der Waals surface area contributed by atoms with Crippen molar-refractivity contribution in [2.75, 3.05) is 26.7 Å². The molecule has 0 bridgehead atoms. The number of hydrogen-bond acceptors (Lipinski definition) is 5.